The van der Waals surface area contributed by atoms with Gasteiger partial charge in [-0.05, 0) is 32.6 Å². The van der Waals surface area contributed by atoms with Gasteiger partial charge >= 0.3 is 0 Å². The van der Waals surface area contributed by atoms with Crippen molar-refractivity contribution in [1.29, 1.82) is 0 Å². The number of carbonyl (C=O) groups excluding carboxylic acids is 1. The predicted octanol–water partition coefficient (Wildman–Crippen LogP) is 3.53. The number of H-pyrrole nitrogens is 1. The number of piperidine rings is 1. The van der Waals surface area contributed by atoms with E-state index in [9.17, 15) is 4.79 Å². The van der Waals surface area contributed by atoms with Gasteiger partial charge in [-0.25, -0.2) is 4.98 Å². The molecule has 1 aromatic heterocycles. The van der Waals surface area contributed by atoms with E-state index in [0.29, 0.717) is 11.9 Å². The van der Waals surface area contributed by atoms with Crippen molar-refractivity contribution in [2.24, 2.45) is 11.8 Å². The Morgan fingerprint density at radius 2 is 2.04 bits per heavy atom. The highest BCUT2D eigenvalue weighted by Crippen LogP contribution is 2.30. The van der Waals surface area contributed by atoms with Crippen molar-refractivity contribution in [2.75, 3.05) is 19.6 Å². The molecule has 1 saturated carbocycles. The minimum atomic E-state index is 0.162. The second-order valence-electron chi connectivity index (χ2n) is 9.10. The second kappa shape index (κ2) is 8.17. The zero-order valence-electron chi connectivity index (χ0n) is 16.9. The summed E-state index contributed by atoms with van der Waals surface area (Å²) in [7, 11) is 0. The van der Waals surface area contributed by atoms with E-state index in [1.54, 1.807) is 0 Å². The molecule has 1 aromatic rings. The summed E-state index contributed by atoms with van der Waals surface area (Å²) in [6, 6.07) is 0.354. The molecule has 5 nitrogen and oxygen atoms in total. The summed E-state index contributed by atoms with van der Waals surface area (Å²) in [5, 5.41) is 0. The van der Waals surface area contributed by atoms with E-state index >= 15 is 0 Å². The molecule has 4 aliphatic rings. The van der Waals surface area contributed by atoms with Gasteiger partial charge in [-0.2, -0.15) is 0 Å². The van der Waals surface area contributed by atoms with Crippen LogP contribution in [0.3, 0.4) is 0 Å². The number of hydrogen-bond donors (Lipinski definition) is 1. The Morgan fingerprint density at radius 1 is 1.22 bits per heavy atom. The van der Waals surface area contributed by atoms with Crippen molar-refractivity contribution >= 4 is 5.91 Å². The zero-order valence-corrected chi connectivity index (χ0v) is 16.9. The van der Waals surface area contributed by atoms with Crippen LogP contribution in [-0.4, -0.2) is 51.4 Å². The summed E-state index contributed by atoms with van der Waals surface area (Å²) < 4.78 is 0. The molecule has 27 heavy (non-hydrogen) atoms. The lowest BCUT2D eigenvalue weighted by Crippen LogP contribution is -2.47. The van der Waals surface area contributed by atoms with Gasteiger partial charge in [0.05, 0.1) is 5.92 Å². The average Bonchev–Trinajstić information content (AvgIpc) is 3.22. The minimum absolute atomic E-state index is 0.162. The van der Waals surface area contributed by atoms with Crippen molar-refractivity contribution in [3.05, 3.63) is 29.4 Å². The van der Waals surface area contributed by atoms with Crippen LogP contribution in [0.1, 0.15) is 63.9 Å². The highest BCUT2D eigenvalue weighted by molar-refractivity contribution is 5.80. The maximum Gasteiger partial charge on any atom is 0.227 e. The van der Waals surface area contributed by atoms with Crippen LogP contribution in [0.4, 0.5) is 0 Å². The van der Waals surface area contributed by atoms with Crippen LogP contribution in [0.25, 0.3) is 0 Å². The normalized spacial score (nSPS) is 26.6. The van der Waals surface area contributed by atoms with Crippen LogP contribution in [0.2, 0.25) is 0 Å². The fourth-order valence-electron chi connectivity index (χ4n) is 5.10. The van der Waals surface area contributed by atoms with Crippen molar-refractivity contribution in [2.45, 2.75) is 71.4 Å². The molecule has 0 unspecified atom stereocenters. The van der Waals surface area contributed by atoms with E-state index in [1.807, 2.05) is 6.20 Å². The van der Waals surface area contributed by atoms with Gasteiger partial charge in [0.2, 0.25) is 5.91 Å². The first kappa shape index (κ1) is 18.7. The second-order valence-corrected chi connectivity index (χ2v) is 9.10. The fourth-order valence-corrected chi connectivity index (χ4v) is 5.10. The molecule has 3 aliphatic heterocycles. The van der Waals surface area contributed by atoms with Gasteiger partial charge in [0.15, 0.2) is 0 Å². The largest absolute Gasteiger partial charge is 0.345 e. The van der Waals surface area contributed by atoms with Crippen molar-refractivity contribution < 1.29 is 4.79 Å². The third-order valence-corrected chi connectivity index (χ3v) is 6.60. The summed E-state index contributed by atoms with van der Waals surface area (Å²) in [5.41, 5.74) is 2.49. The highest BCUT2D eigenvalue weighted by atomic mass is 16.2. The monoisotopic (exact) mass is 370 g/mol. The van der Waals surface area contributed by atoms with Gasteiger partial charge in [0, 0.05) is 50.5 Å². The molecule has 0 aromatic carbocycles. The first-order valence-corrected chi connectivity index (χ1v) is 10.8. The van der Waals surface area contributed by atoms with Gasteiger partial charge in [0.1, 0.15) is 5.82 Å². The first-order chi connectivity index (χ1) is 13.1. The van der Waals surface area contributed by atoms with E-state index < -0.39 is 0 Å². The molecule has 2 bridgehead atoms. The number of nitrogens with one attached hydrogen (secondary N) is 1. The lowest BCUT2D eigenvalue weighted by molar-refractivity contribution is -0.139. The molecule has 148 valence electrons. The number of fused-ring (bicyclic) bond motifs is 4. The summed E-state index contributed by atoms with van der Waals surface area (Å²) in [4.78, 5) is 25.7. The number of nitrogens with zero attached hydrogens (tertiary/aromatic N) is 3. The Hall–Kier alpha value is -1.62. The first-order valence-electron chi connectivity index (χ1n) is 10.8. The number of imidazole rings is 1. The lowest BCUT2D eigenvalue weighted by atomic mass is 9.94. The van der Waals surface area contributed by atoms with Crippen molar-refractivity contribution in [1.82, 2.24) is 19.8 Å². The van der Waals surface area contributed by atoms with Gasteiger partial charge < -0.3 is 9.88 Å². The number of amides is 1. The zero-order chi connectivity index (χ0) is 18.8. The topological polar surface area (TPSA) is 52.2 Å². The van der Waals surface area contributed by atoms with Gasteiger partial charge in [0.25, 0.3) is 0 Å². The molecule has 4 fully saturated rings. The Bertz CT molecular complexity index is 684. The van der Waals surface area contributed by atoms with Crippen LogP contribution in [0.15, 0.2) is 17.8 Å². The summed E-state index contributed by atoms with van der Waals surface area (Å²) in [6.45, 7) is 7.73. The number of carbonyl (C=O) groups is 1. The predicted molar refractivity (Wildman–Crippen MR) is 107 cm³/mol. The van der Waals surface area contributed by atoms with Crippen LogP contribution in [-0.2, 0) is 17.8 Å². The molecule has 5 heteroatoms. The molecule has 2 atom stereocenters. The summed E-state index contributed by atoms with van der Waals surface area (Å²) in [5.74, 6) is 2.49. The molecule has 3 saturated heterocycles. The third kappa shape index (κ3) is 4.45. The maximum atomic E-state index is 12.9. The third-order valence-electron chi connectivity index (χ3n) is 6.60. The number of hydrogen-bond acceptors (Lipinski definition) is 3. The highest BCUT2D eigenvalue weighted by Gasteiger charge is 2.40. The Morgan fingerprint density at radius 3 is 2.81 bits per heavy atom. The van der Waals surface area contributed by atoms with E-state index in [2.05, 4.69) is 39.7 Å². The smallest absolute Gasteiger partial charge is 0.227 e. The molecule has 4 heterocycles. The molecule has 5 rings (SSSR count). The van der Waals surface area contributed by atoms with E-state index in [0.717, 1.165) is 57.2 Å². The van der Waals surface area contributed by atoms with E-state index in [1.165, 1.54) is 37.0 Å². The summed E-state index contributed by atoms with van der Waals surface area (Å²) >= 11 is 0. The Balaban J connectivity index is 1.38. The van der Waals surface area contributed by atoms with Crippen molar-refractivity contribution in [3.8, 4) is 0 Å². The average molecular weight is 371 g/mol. The molecule has 1 amide bonds. The molecule has 0 spiro atoms. The van der Waals surface area contributed by atoms with Crippen LogP contribution < -0.4 is 0 Å². The maximum absolute atomic E-state index is 12.9. The van der Waals surface area contributed by atoms with E-state index in [4.69, 9.17) is 0 Å². The minimum Gasteiger partial charge on any atom is -0.345 e. The van der Waals surface area contributed by atoms with Crippen LogP contribution in [0, 0.1) is 11.8 Å². The van der Waals surface area contributed by atoms with Gasteiger partial charge in [-0.3, -0.25) is 9.69 Å². The molecular formula is C22H34N4O. The number of rotatable bonds is 6. The number of allylic oxidation sites excluding steroid dienone is 1. The van der Waals surface area contributed by atoms with Gasteiger partial charge in [-0.15, -0.1) is 0 Å². The lowest BCUT2D eigenvalue weighted by Gasteiger charge is -2.35. The molecule has 1 aliphatic carbocycles. The molecule has 1 N–H and O–H groups in total. The van der Waals surface area contributed by atoms with Crippen LogP contribution in [0.5, 0.6) is 0 Å². The summed E-state index contributed by atoms with van der Waals surface area (Å²) in [6.07, 6.45) is 13.0. The Labute approximate surface area is 163 Å². The van der Waals surface area contributed by atoms with Crippen molar-refractivity contribution in [3.63, 3.8) is 0 Å². The van der Waals surface area contributed by atoms with Crippen LogP contribution >= 0.6 is 0 Å². The fraction of sp³-hybridized carbons (Fsp3) is 0.727. The van der Waals surface area contributed by atoms with Gasteiger partial charge in [-0.1, -0.05) is 37.3 Å². The quantitative estimate of drug-likeness (QED) is 0.780. The molecular weight excluding hydrogens is 336 g/mol. The Kier molecular flexibility index (Phi) is 5.67. The SMILES string of the molecule is CC(C)=CCN1C(=O)[C@H]2CC[C@@H]1CN(Cc1cnc(CC3CCCC3)[nH]1)C2. The number of aromatic nitrogens is 2. The van der Waals surface area contributed by atoms with E-state index in [-0.39, 0.29) is 5.92 Å². The standard InChI is InChI=1S/C22H34N4O/c1-16(2)9-10-26-20-8-7-18(22(26)27)13-25(15-20)14-19-12-23-21(24-19)11-17-5-3-4-6-17/h9,12,17-18,20H,3-8,10-11,13-15H2,1-2H3,(H,23,24)/t18-,20+/m0/s1. The number of aromatic amines is 1. The molecule has 0 radical (unpaired) electrons.